The molecule has 0 amide bonds. The van der Waals surface area contributed by atoms with Gasteiger partial charge < -0.3 is 10.3 Å². The molecular weight excluding hydrogens is 171 g/mol. The Kier molecular flexibility index (Phi) is 3.72. The van der Waals surface area contributed by atoms with Gasteiger partial charge >= 0.3 is 29.6 Å². The number of nitrogens with zero attached hydrogens (tertiary/aromatic N) is 1. The fraction of sp³-hybridized carbons (Fsp3) is 0.100. The zero-order valence-corrected chi connectivity index (χ0v) is 9.83. The zero-order chi connectivity index (χ0) is 8.39. The van der Waals surface area contributed by atoms with Gasteiger partial charge in [0.2, 0.25) is 0 Å². The molecule has 0 atom stereocenters. The molecule has 2 aromatic rings. The maximum Gasteiger partial charge on any atom is 1.00 e. The van der Waals surface area contributed by atoms with Crippen LogP contribution in [0.3, 0.4) is 0 Å². The summed E-state index contributed by atoms with van der Waals surface area (Å²) in [6.07, 6.45) is 1.79. The minimum Gasteiger partial charge on any atom is -0.404 e. The number of pyridine rings is 1. The molecule has 0 bridgehead atoms. The minimum absolute atomic E-state index is 0. The Morgan fingerprint density at radius 2 is 2.15 bits per heavy atom. The van der Waals surface area contributed by atoms with Crippen LogP contribution >= 0.6 is 0 Å². The molecular formula is C10H9N2Na. The Hall–Kier alpha value is -0.570. The fourth-order valence-electron chi connectivity index (χ4n) is 1.15. The van der Waals surface area contributed by atoms with Crippen molar-refractivity contribution in [1.29, 1.82) is 0 Å². The van der Waals surface area contributed by atoms with Gasteiger partial charge in [0.05, 0.1) is 0 Å². The second-order valence-electron chi connectivity index (χ2n) is 2.56. The van der Waals surface area contributed by atoms with Crippen LogP contribution in [0.5, 0.6) is 0 Å². The van der Waals surface area contributed by atoms with E-state index >= 15 is 0 Å². The molecule has 0 spiro atoms. The predicted molar refractivity (Wildman–Crippen MR) is 50.1 cm³/mol. The molecule has 0 saturated heterocycles. The number of fused-ring (bicyclic) bond motifs is 1. The first-order valence-corrected chi connectivity index (χ1v) is 3.85. The van der Waals surface area contributed by atoms with E-state index in [0.29, 0.717) is 0 Å². The van der Waals surface area contributed by atoms with E-state index in [2.05, 4.69) is 16.4 Å². The van der Waals surface area contributed by atoms with E-state index in [4.69, 9.17) is 0 Å². The van der Waals surface area contributed by atoms with Gasteiger partial charge in [-0.2, -0.15) is 0 Å². The Bertz CT molecular complexity index is 401. The van der Waals surface area contributed by atoms with E-state index in [9.17, 15) is 0 Å². The topological polar surface area (TPSA) is 24.9 Å². The quantitative estimate of drug-likeness (QED) is 0.453. The summed E-state index contributed by atoms with van der Waals surface area (Å²) < 4.78 is 0. The van der Waals surface area contributed by atoms with Crippen molar-refractivity contribution in [3.05, 3.63) is 36.5 Å². The second kappa shape index (κ2) is 4.61. The van der Waals surface area contributed by atoms with Gasteiger partial charge in [0, 0.05) is 13.2 Å². The van der Waals surface area contributed by atoms with Crippen LogP contribution in [0.4, 0.5) is 5.69 Å². The molecule has 0 aliphatic rings. The summed E-state index contributed by atoms with van der Waals surface area (Å²) in [6, 6.07) is 11.1. The first-order valence-electron chi connectivity index (χ1n) is 3.85. The average Bonchev–Trinajstić information content (AvgIpc) is 2.17. The van der Waals surface area contributed by atoms with Crippen LogP contribution in [-0.4, -0.2) is 12.0 Å². The van der Waals surface area contributed by atoms with Gasteiger partial charge in [-0.15, -0.1) is 29.7 Å². The molecule has 0 radical (unpaired) electrons. The van der Waals surface area contributed by atoms with Gasteiger partial charge in [-0.25, -0.2) is 0 Å². The largest absolute Gasteiger partial charge is 1.00 e. The predicted octanol–water partition coefficient (Wildman–Crippen LogP) is -0.919. The van der Waals surface area contributed by atoms with Crippen molar-refractivity contribution in [3.8, 4) is 0 Å². The van der Waals surface area contributed by atoms with Crippen LogP contribution in [0.15, 0.2) is 30.5 Å². The normalized spacial score (nSPS) is 9.31. The molecule has 0 fully saturated rings. The Morgan fingerprint density at radius 1 is 1.31 bits per heavy atom. The summed E-state index contributed by atoms with van der Waals surface area (Å²) in [6.45, 7) is 0. The molecule has 2 nitrogen and oxygen atoms in total. The van der Waals surface area contributed by atoms with Gasteiger partial charge in [0.1, 0.15) is 0 Å². The monoisotopic (exact) mass is 180 g/mol. The molecule has 1 N–H and O–H groups in total. The number of hydrogen-bond acceptors (Lipinski definition) is 2. The van der Waals surface area contributed by atoms with Gasteiger partial charge in [-0.1, -0.05) is 11.8 Å². The van der Waals surface area contributed by atoms with Gasteiger partial charge in [-0.3, -0.25) is 0 Å². The molecule has 60 valence electrons. The summed E-state index contributed by atoms with van der Waals surface area (Å²) in [5.74, 6) is 0. The number of benzene rings is 1. The van der Waals surface area contributed by atoms with Gasteiger partial charge in [0.25, 0.3) is 0 Å². The number of anilines is 1. The summed E-state index contributed by atoms with van der Waals surface area (Å²) in [7, 11) is 1.88. The molecule has 13 heavy (non-hydrogen) atoms. The first kappa shape index (κ1) is 10.5. The minimum atomic E-state index is 0. The van der Waals surface area contributed by atoms with Crippen molar-refractivity contribution >= 4 is 16.6 Å². The van der Waals surface area contributed by atoms with Crippen LogP contribution in [0.25, 0.3) is 10.9 Å². The van der Waals surface area contributed by atoms with Crippen molar-refractivity contribution in [2.45, 2.75) is 0 Å². The fourth-order valence-corrected chi connectivity index (χ4v) is 1.15. The van der Waals surface area contributed by atoms with Crippen molar-refractivity contribution < 1.29 is 29.6 Å². The molecule has 2 rings (SSSR count). The second-order valence-corrected chi connectivity index (χ2v) is 2.56. The SMILES string of the molecule is CNc1[c-]c2cccnc2cc1.[Na+]. The van der Waals surface area contributed by atoms with Crippen LogP contribution in [-0.2, 0) is 0 Å². The molecule has 1 aromatic carbocycles. The summed E-state index contributed by atoms with van der Waals surface area (Å²) in [5, 5.41) is 4.08. The zero-order valence-electron chi connectivity index (χ0n) is 7.83. The first-order chi connectivity index (χ1) is 5.90. The summed E-state index contributed by atoms with van der Waals surface area (Å²) >= 11 is 0. The number of hydrogen-bond donors (Lipinski definition) is 1. The summed E-state index contributed by atoms with van der Waals surface area (Å²) in [4.78, 5) is 4.20. The maximum absolute atomic E-state index is 4.20. The van der Waals surface area contributed by atoms with Crippen molar-refractivity contribution in [3.63, 3.8) is 0 Å². The van der Waals surface area contributed by atoms with E-state index < -0.39 is 0 Å². The van der Waals surface area contributed by atoms with Gasteiger partial charge in [-0.05, 0) is 5.52 Å². The van der Waals surface area contributed by atoms with Crippen LogP contribution in [0, 0.1) is 6.07 Å². The van der Waals surface area contributed by atoms with E-state index in [0.717, 1.165) is 16.6 Å². The van der Waals surface area contributed by atoms with Crippen molar-refractivity contribution in [2.24, 2.45) is 0 Å². The summed E-state index contributed by atoms with van der Waals surface area (Å²) in [5.41, 5.74) is 1.98. The number of nitrogens with one attached hydrogen (secondary N) is 1. The molecule has 1 heterocycles. The average molecular weight is 180 g/mol. The van der Waals surface area contributed by atoms with Crippen LogP contribution < -0.4 is 34.9 Å². The molecule has 1 aromatic heterocycles. The third kappa shape index (κ3) is 2.21. The third-order valence-corrected chi connectivity index (χ3v) is 1.79. The Balaban J connectivity index is 0.000000845. The molecule has 0 aliphatic heterocycles. The standard InChI is InChI=1S/C10H9N2.Na/c1-11-9-4-5-10-8(7-9)3-2-6-12-10;/h2-6,11H,1H3;/q-1;+1. The van der Waals surface area contributed by atoms with Crippen molar-refractivity contribution in [2.75, 3.05) is 12.4 Å². The molecule has 0 aliphatic carbocycles. The van der Waals surface area contributed by atoms with Crippen LogP contribution in [0.2, 0.25) is 0 Å². The molecule has 3 heteroatoms. The Labute approximate surface area is 99.7 Å². The smallest absolute Gasteiger partial charge is 0.404 e. The van der Waals surface area contributed by atoms with Crippen molar-refractivity contribution in [1.82, 2.24) is 4.98 Å². The number of rotatable bonds is 1. The maximum atomic E-state index is 4.20. The molecule has 0 saturated carbocycles. The van der Waals surface area contributed by atoms with E-state index in [1.165, 1.54) is 0 Å². The van der Waals surface area contributed by atoms with E-state index in [1.807, 2.05) is 31.3 Å². The number of aromatic nitrogens is 1. The van der Waals surface area contributed by atoms with Gasteiger partial charge in [0.15, 0.2) is 0 Å². The molecule has 0 unspecified atom stereocenters. The Morgan fingerprint density at radius 3 is 2.92 bits per heavy atom. The third-order valence-electron chi connectivity index (χ3n) is 1.79. The van der Waals surface area contributed by atoms with E-state index in [-0.39, 0.29) is 29.6 Å². The van der Waals surface area contributed by atoms with E-state index in [1.54, 1.807) is 6.20 Å². The van der Waals surface area contributed by atoms with Crippen LogP contribution in [0.1, 0.15) is 0 Å².